The summed E-state index contributed by atoms with van der Waals surface area (Å²) in [5, 5.41) is 0.676. The van der Waals surface area contributed by atoms with E-state index >= 15 is 0 Å². The van der Waals surface area contributed by atoms with Crippen molar-refractivity contribution in [1.29, 1.82) is 0 Å². The fraction of sp³-hybridized carbons (Fsp3) is 0.214. The molecule has 1 heterocycles. The average Bonchev–Trinajstić information content (AvgIpc) is 2.30. The Morgan fingerprint density at radius 1 is 1.24 bits per heavy atom. The highest BCUT2D eigenvalue weighted by atomic mass is 35.5. The van der Waals surface area contributed by atoms with Crippen molar-refractivity contribution in [2.24, 2.45) is 0 Å². The molecule has 0 aliphatic heterocycles. The van der Waals surface area contributed by atoms with Gasteiger partial charge in [-0.25, -0.2) is 0 Å². The number of alkyl halides is 1. The minimum absolute atomic E-state index is 0.0674. The largest absolute Gasteiger partial charge is 0.261 e. The van der Waals surface area contributed by atoms with E-state index in [0.717, 1.165) is 28.3 Å². The Morgan fingerprint density at radius 2 is 2.06 bits per heavy atom. The second-order valence-corrected chi connectivity index (χ2v) is 4.96. The van der Waals surface area contributed by atoms with Crippen molar-refractivity contribution in [3.8, 4) is 0 Å². The number of hydrogen-bond donors (Lipinski definition) is 0. The Kier molecular flexibility index (Phi) is 4.03. The van der Waals surface area contributed by atoms with Crippen molar-refractivity contribution >= 4 is 23.2 Å². The molecule has 0 bridgehead atoms. The maximum absolute atomic E-state index is 6.42. The highest BCUT2D eigenvalue weighted by Gasteiger charge is 2.12. The third kappa shape index (κ3) is 3.21. The molecule has 0 spiro atoms. The van der Waals surface area contributed by atoms with Crippen LogP contribution in [-0.4, -0.2) is 4.98 Å². The number of halogens is 2. The topological polar surface area (TPSA) is 12.9 Å². The van der Waals surface area contributed by atoms with E-state index in [1.807, 2.05) is 43.3 Å². The van der Waals surface area contributed by atoms with E-state index in [1.54, 1.807) is 6.20 Å². The Balaban J connectivity index is 2.17. The zero-order chi connectivity index (χ0) is 12.3. The summed E-state index contributed by atoms with van der Waals surface area (Å²) >= 11 is 12.3. The van der Waals surface area contributed by atoms with Crippen molar-refractivity contribution in [2.75, 3.05) is 0 Å². The predicted octanol–water partition coefficient (Wildman–Crippen LogP) is 4.57. The minimum Gasteiger partial charge on any atom is -0.261 e. The molecule has 0 amide bonds. The van der Waals surface area contributed by atoms with Crippen LogP contribution in [-0.2, 0) is 6.42 Å². The van der Waals surface area contributed by atoms with Gasteiger partial charge in [0.25, 0.3) is 0 Å². The molecule has 0 radical (unpaired) electrons. The molecule has 1 nitrogen and oxygen atoms in total. The molecule has 1 aromatic heterocycles. The van der Waals surface area contributed by atoms with Crippen LogP contribution in [0.15, 0.2) is 42.6 Å². The molecule has 1 atom stereocenters. The number of pyridine rings is 1. The molecule has 0 aliphatic rings. The quantitative estimate of drug-likeness (QED) is 0.742. The molecule has 2 aromatic rings. The van der Waals surface area contributed by atoms with Gasteiger partial charge in [-0.1, -0.05) is 23.7 Å². The Bertz CT molecular complexity index is 497. The molecular weight excluding hydrogens is 253 g/mol. The Morgan fingerprint density at radius 3 is 2.71 bits per heavy atom. The molecule has 0 saturated carbocycles. The second kappa shape index (κ2) is 5.52. The molecule has 3 heteroatoms. The third-order valence-corrected chi connectivity index (χ3v) is 3.31. The lowest BCUT2D eigenvalue weighted by Gasteiger charge is -2.12. The van der Waals surface area contributed by atoms with E-state index in [2.05, 4.69) is 4.98 Å². The van der Waals surface area contributed by atoms with Gasteiger partial charge in [-0.2, -0.15) is 0 Å². The highest BCUT2D eigenvalue weighted by Crippen LogP contribution is 2.28. The van der Waals surface area contributed by atoms with Gasteiger partial charge in [-0.15, -0.1) is 11.6 Å². The van der Waals surface area contributed by atoms with Crippen LogP contribution in [0, 0.1) is 6.92 Å². The average molecular weight is 266 g/mol. The first-order valence-corrected chi connectivity index (χ1v) is 6.28. The predicted molar refractivity (Wildman–Crippen MR) is 72.7 cm³/mol. The molecule has 0 aliphatic carbocycles. The number of aromatic nitrogens is 1. The lowest BCUT2D eigenvalue weighted by atomic mass is 10.0. The zero-order valence-corrected chi connectivity index (χ0v) is 11.0. The van der Waals surface area contributed by atoms with Crippen LogP contribution in [0.3, 0.4) is 0 Å². The van der Waals surface area contributed by atoms with Crippen molar-refractivity contribution in [3.63, 3.8) is 0 Å². The van der Waals surface area contributed by atoms with E-state index in [4.69, 9.17) is 23.2 Å². The van der Waals surface area contributed by atoms with E-state index in [0.29, 0.717) is 0 Å². The van der Waals surface area contributed by atoms with Crippen LogP contribution in [0.1, 0.15) is 22.2 Å². The molecular formula is C14H13Cl2N. The number of aryl methyl sites for hydroxylation is 1. The van der Waals surface area contributed by atoms with Gasteiger partial charge in [-0.3, -0.25) is 4.98 Å². The summed E-state index contributed by atoms with van der Waals surface area (Å²) in [7, 11) is 0. The third-order valence-electron chi connectivity index (χ3n) is 2.68. The maximum atomic E-state index is 6.42. The molecule has 0 N–H and O–H groups in total. The van der Waals surface area contributed by atoms with Crippen LogP contribution in [0.4, 0.5) is 0 Å². The van der Waals surface area contributed by atoms with Gasteiger partial charge in [0.15, 0.2) is 0 Å². The van der Waals surface area contributed by atoms with Crippen molar-refractivity contribution < 1.29 is 0 Å². The number of rotatable bonds is 3. The minimum atomic E-state index is -0.0674. The zero-order valence-electron chi connectivity index (χ0n) is 9.53. The monoisotopic (exact) mass is 265 g/mol. The summed E-state index contributed by atoms with van der Waals surface area (Å²) in [5.74, 6) is 0. The van der Waals surface area contributed by atoms with Crippen molar-refractivity contribution in [3.05, 3.63) is 64.4 Å². The van der Waals surface area contributed by atoms with Crippen LogP contribution in [0.2, 0.25) is 5.02 Å². The summed E-state index contributed by atoms with van der Waals surface area (Å²) in [6, 6.07) is 11.7. The fourth-order valence-electron chi connectivity index (χ4n) is 1.80. The Labute approximate surface area is 111 Å². The van der Waals surface area contributed by atoms with Gasteiger partial charge in [0, 0.05) is 23.3 Å². The maximum Gasteiger partial charge on any atom is 0.0643 e. The SMILES string of the molecule is Cc1cc(Cl)ccc1C(Cl)Cc1ccccn1. The van der Waals surface area contributed by atoms with Gasteiger partial charge in [0.2, 0.25) is 0 Å². The summed E-state index contributed by atoms with van der Waals surface area (Å²) in [4.78, 5) is 4.28. The first-order chi connectivity index (χ1) is 8.16. The lowest BCUT2D eigenvalue weighted by molar-refractivity contribution is 0.874. The Hall–Kier alpha value is -1.05. The standard InChI is InChI=1S/C14H13Cl2N/c1-10-8-11(15)5-6-13(10)14(16)9-12-4-2-3-7-17-12/h2-8,14H,9H2,1H3. The van der Waals surface area contributed by atoms with Gasteiger partial charge in [-0.05, 0) is 42.3 Å². The molecule has 17 heavy (non-hydrogen) atoms. The normalized spacial score (nSPS) is 12.4. The fourth-order valence-corrected chi connectivity index (χ4v) is 2.43. The van der Waals surface area contributed by atoms with Gasteiger partial charge >= 0.3 is 0 Å². The first kappa shape index (κ1) is 12.4. The van der Waals surface area contributed by atoms with E-state index < -0.39 is 0 Å². The summed E-state index contributed by atoms with van der Waals surface area (Å²) < 4.78 is 0. The van der Waals surface area contributed by atoms with E-state index in [1.165, 1.54) is 0 Å². The van der Waals surface area contributed by atoms with Gasteiger partial charge < -0.3 is 0 Å². The van der Waals surface area contributed by atoms with E-state index in [9.17, 15) is 0 Å². The summed E-state index contributed by atoms with van der Waals surface area (Å²) in [6.07, 6.45) is 2.51. The highest BCUT2D eigenvalue weighted by molar-refractivity contribution is 6.30. The lowest BCUT2D eigenvalue weighted by Crippen LogP contribution is -1.99. The van der Waals surface area contributed by atoms with Crippen molar-refractivity contribution in [1.82, 2.24) is 4.98 Å². The van der Waals surface area contributed by atoms with E-state index in [-0.39, 0.29) is 5.38 Å². The van der Waals surface area contributed by atoms with Crippen LogP contribution in [0.25, 0.3) is 0 Å². The molecule has 1 unspecified atom stereocenters. The van der Waals surface area contributed by atoms with Gasteiger partial charge in [0.05, 0.1) is 5.38 Å². The smallest absolute Gasteiger partial charge is 0.0643 e. The second-order valence-electron chi connectivity index (χ2n) is 3.99. The van der Waals surface area contributed by atoms with Crippen LogP contribution >= 0.6 is 23.2 Å². The number of nitrogens with zero attached hydrogens (tertiary/aromatic N) is 1. The first-order valence-electron chi connectivity index (χ1n) is 5.47. The van der Waals surface area contributed by atoms with Crippen LogP contribution in [0.5, 0.6) is 0 Å². The molecule has 0 fully saturated rings. The summed E-state index contributed by atoms with van der Waals surface area (Å²) in [6.45, 7) is 2.02. The number of hydrogen-bond acceptors (Lipinski definition) is 1. The molecule has 0 saturated heterocycles. The van der Waals surface area contributed by atoms with Crippen LogP contribution < -0.4 is 0 Å². The van der Waals surface area contributed by atoms with Crippen molar-refractivity contribution in [2.45, 2.75) is 18.7 Å². The number of benzene rings is 1. The molecule has 1 aromatic carbocycles. The van der Waals surface area contributed by atoms with Gasteiger partial charge in [0.1, 0.15) is 0 Å². The molecule has 88 valence electrons. The summed E-state index contributed by atoms with van der Waals surface area (Å²) in [5.41, 5.74) is 3.23. The molecule has 2 rings (SSSR count).